The van der Waals surface area contributed by atoms with Gasteiger partial charge >= 0.3 is 0 Å². The number of benzene rings is 1. The van der Waals surface area contributed by atoms with E-state index in [2.05, 4.69) is 16.4 Å². The summed E-state index contributed by atoms with van der Waals surface area (Å²) in [6.07, 6.45) is 0. The smallest absolute Gasteiger partial charge is 0.254 e. The average molecular weight is 391 g/mol. The fourth-order valence-electron chi connectivity index (χ4n) is 3.42. The molecule has 1 N–H and O–H groups in total. The Hall–Kier alpha value is -1.96. The first-order valence-corrected chi connectivity index (χ1v) is 10.0. The number of fused-ring (bicyclic) bond motifs is 1. The number of nitrogens with zero attached hydrogens (tertiary/aromatic N) is 4. The second-order valence-corrected chi connectivity index (χ2v) is 8.33. The zero-order chi connectivity index (χ0) is 18.1. The van der Waals surface area contributed by atoms with Gasteiger partial charge in [0.05, 0.1) is 40.9 Å². The summed E-state index contributed by atoms with van der Waals surface area (Å²) in [4.78, 5) is 17.6. The lowest BCUT2D eigenvalue weighted by Gasteiger charge is -2.32. The van der Waals surface area contributed by atoms with Crippen molar-refractivity contribution in [1.82, 2.24) is 19.9 Å². The Kier molecular flexibility index (Phi) is 4.93. The lowest BCUT2D eigenvalue weighted by molar-refractivity contribution is -0.917. The molecule has 0 unspecified atom stereocenters. The number of carbonyl (C=O) groups is 1. The van der Waals surface area contributed by atoms with Gasteiger partial charge in [0, 0.05) is 12.1 Å². The van der Waals surface area contributed by atoms with Crippen LogP contribution in [0.25, 0.3) is 11.0 Å². The molecule has 3 heterocycles. The Bertz CT molecular complexity index is 929. The van der Waals surface area contributed by atoms with Gasteiger partial charge in [0.25, 0.3) is 5.91 Å². The van der Waals surface area contributed by atoms with Crippen LogP contribution in [-0.4, -0.2) is 52.0 Å². The maximum Gasteiger partial charge on any atom is 0.254 e. The van der Waals surface area contributed by atoms with Crippen LogP contribution >= 0.6 is 22.9 Å². The number of halogens is 1. The average Bonchev–Trinajstić information content (AvgIpc) is 3.26. The van der Waals surface area contributed by atoms with Crippen LogP contribution < -0.4 is 4.90 Å². The van der Waals surface area contributed by atoms with Gasteiger partial charge in [-0.05, 0) is 37.3 Å². The molecule has 1 aliphatic rings. The maximum absolute atomic E-state index is 12.8. The lowest BCUT2D eigenvalue weighted by Crippen LogP contribution is -3.13. The molecule has 8 heteroatoms. The maximum atomic E-state index is 12.8. The number of quaternary nitrogens is 1. The zero-order valence-electron chi connectivity index (χ0n) is 14.6. The summed E-state index contributed by atoms with van der Waals surface area (Å²) in [5, 5.41) is 8.28. The minimum absolute atomic E-state index is 0.0798. The number of amides is 1. The number of aryl methyl sites for hydroxylation is 1. The van der Waals surface area contributed by atoms with Crippen molar-refractivity contribution in [1.29, 1.82) is 0 Å². The van der Waals surface area contributed by atoms with Crippen molar-refractivity contribution in [3.8, 4) is 0 Å². The third kappa shape index (κ3) is 3.47. The van der Waals surface area contributed by atoms with Gasteiger partial charge in [-0.25, -0.2) is 4.68 Å². The lowest BCUT2D eigenvalue weighted by atomic mass is 10.1. The minimum atomic E-state index is 0.0798. The van der Waals surface area contributed by atoms with Crippen molar-refractivity contribution in [3.05, 3.63) is 45.1 Å². The first-order chi connectivity index (χ1) is 12.6. The van der Waals surface area contributed by atoms with Gasteiger partial charge in [-0.15, -0.1) is 16.4 Å². The summed E-state index contributed by atoms with van der Waals surface area (Å²) in [5.41, 5.74) is 2.43. The van der Waals surface area contributed by atoms with E-state index in [1.165, 1.54) is 9.78 Å². The number of carbonyl (C=O) groups excluding carboxylic acids is 1. The highest BCUT2D eigenvalue weighted by molar-refractivity contribution is 7.16. The van der Waals surface area contributed by atoms with Crippen LogP contribution in [0.5, 0.6) is 0 Å². The Morgan fingerprint density at radius 1 is 1.27 bits per heavy atom. The normalized spacial score (nSPS) is 15.7. The Morgan fingerprint density at radius 3 is 2.77 bits per heavy atom. The van der Waals surface area contributed by atoms with E-state index in [1.807, 2.05) is 40.8 Å². The van der Waals surface area contributed by atoms with Gasteiger partial charge in [0.2, 0.25) is 0 Å². The van der Waals surface area contributed by atoms with Gasteiger partial charge in [-0.1, -0.05) is 16.8 Å². The first-order valence-electron chi connectivity index (χ1n) is 8.84. The van der Waals surface area contributed by atoms with Crippen molar-refractivity contribution >= 4 is 39.9 Å². The molecule has 0 saturated carbocycles. The molecule has 0 radical (unpaired) electrons. The van der Waals surface area contributed by atoms with E-state index in [4.69, 9.17) is 11.6 Å². The molecule has 3 aromatic rings. The summed E-state index contributed by atoms with van der Waals surface area (Å²) >= 11 is 7.65. The molecular weight excluding hydrogens is 370 g/mol. The van der Waals surface area contributed by atoms with E-state index in [0.717, 1.165) is 54.6 Å². The van der Waals surface area contributed by atoms with E-state index in [1.54, 1.807) is 11.3 Å². The molecule has 2 aromatic heterocycles. The van der Waals surface area contributed by atoms with E-state index < -0.39 is 0 Å². The highest BCUT2D eigenvalue weighted by Crippen LogP contribution is 2.20. The molecule has 26 heavy (non-hydrogen) atoms. The summed E-state index contributed by atoms with van der Waals surface area (Å²) in [6, 6.07) is 9.71. The van der Waals surface area contributed by atoms with Crippen LogP contribution in [0.3, 0.4) is 0 Å². The second-order valence-electron chi connectivity index (χ2n) is 6.53. The van der Waals surface area contributed by atoms with Crippen LogP contribution in [0.4, 0.5) is 0 Å². The molecule has 0 atom stereocenters. The molecular formula is C18H21ClN5OS+. The van der Waals surface area contributed by atoms with Gasteiger partial charge in [-0.2, -0.15) is 0 Å². The standard InChI is InChI=1S/C18H20ClN5OS/c1-2-24-16-5-3-13(11-15(16)20-21-24)18(25)23-9-7-22(8-10-23)12-14-4-6-17(19)26-14/h3-6,11H,2,7-10,12H2,1H3/p+1. The van der Waals surface area contributed by atoms with Crippen LogP contribution in [-0.2, 0) is 13.1 Å². The molecule has 1 aromatic carbocycles. The number of thiophene rings is 1. The highest BCUT2D eigenvalue weighted by Gasteiger charge is 2.25. The van der Waals surface area contributed by atoms with Crippen molar-refractivity contribution < 1.29 is 9.69 Å². The fourth-order valence-corrected chi connectivity index (χ4v) is 4.58. The molecule has 4 rings (SSSR count). The molecule has 1 saturated heterocycles. The van der Waals surface area contributed by atoms with E-state index in [-0.39, 0.29) is 5.91 Å². The number of piperazine rings is 1. The van der Waals surface area contributed by atoms with Crippen molar-refractivity contribution in [2.45, 2.75) is 20.0 Å². The third-order valence-electron chi connectivity index (χ3n) is 4.87. The molecule has 0 aliphatic carbocycles. The largest absolute Gasteiger partial charge is 0.328 e. The predicted octanol–water partition coefficient (Wildman–Crippen LogP) is 1.71. The molecule has 136 valence electrons. The van der Waals surface area contributed by atoms with Gasteiger partial charge in [0.1, 0.15) is 12.1 Å². The Morgan fingerprint density at radius 2 is 2.08 bits per heavy atom. The summed E-state index contributed by atoms with van der Waals surface area (Å²) in [5.74, 6) is 0.0798. The SMILES string of the molecule is CCn1nnc2cc(C(=O)N3CC[NH+](Cc4ccc(Cl)s4)CC3)ccc21. The van der Waals surface area contributed by atoms with E-state index in [0.29, 0.717) is 5.56 Å². The topological polar surface area (TPSA) is 55.5 Å². The summed E-state index contributed by atoms with van der Waals surface area (Å²) in [6.45, 7) is 7.22. The van der Waals surface area contributed by atoms with Gasteiger partial charge in [-0.3, -0.25) is 4.79 Å². The predicted molar refractivity (Wildman–Crippen MR) is 103 cm³/mol. The molecule has 0 bridgehead atoms. The van der Waals surface area contributed by atoms with Crippen LogP contribution in [0.2, 0.25) is 4.34 Å². The van der Waals surface area contributed by atoms with Crippen molar-refractivity contribution in [3.63, 3.8) is 0 Å². The molecule has 6 nitrogen and oxygen atoms in total. The molecule has 0 spiro atoms. The molecule has 1 aliphatic heterocycles. The van der Waals surface area contributed by atoms with Gasteiger partial charge < -0.3 is 9.80 Å². The van der Waals surface area contributed by atoms with Gasteiger partial charge in [0.15, 0.2) is 0 Å². The summed E-state index contributed by atoms with van der Waals surface area (Å²) < 4.78 is 2.67. The van der Waals surface area contributed by atoms with Crippen LogP contribution in [0.15, 0.2) is 30.3 Å². The second kappa shape index (κ2) is 7.34. The number of hydrogen-bond donors (Lipinski definition) is 1. The molecule has 1 amide bonds. The molecule has 1 fully saturated rings. The number of nitrogens with one attached hydrogen (secondary N) is 1. The van der Waals surface area contributed by atoms with E-state index in [9.17, 15) is 4.79 Å². The number of aromatic nitrogens is 3. The first kappa shape index (κ1) is 17.5. The van der Waals surface area contributed by atoms with Crippen LogP contribution in [0.1, 0.15) is 22.2 Å². The third-order valence-corrected chi connectivity index (χ3v) is 6.10. The monoisotopic (exact) mass is 390 g/mol. The van der Waals surface area contributed by atoms with Crippen molar-refractivity contribution in [2.75, 3.05) is 26.2 Å². The Labute approximate surface area is 161 Å². The fraction of sp³-hybridized carbons (Fsp3) is 0.389. The van der Waals surface area contributed by atoms with Crippen molar-refractivity contribution in [2.24, 2.45) is 0 Å². The highest BCUT2D eigenvalue weighted by atomic mass is 35.5. The summed E-state index contributed by atoms with van der Waals surface area (Å²) in [7, 11) is 0. The number of rotatable bonds is 4. The number of hydrogen-bond acceptors (Lipinski definition) is 4. The van der Waals surface area contributed by atoms with Crippen LogP contribution in [0, 0.1) is 0 Å². The Balaban J connectivity index is 1.40. The zero-order valence-corrected chi connectivity index (χ0v) is 16.2. The minimum Gasteiger partial charge on any atom is -0.328 e. The quantitative estimate of drug-likeness (QED) is 0.737. The van der Waals surface area contributed by atoms with E-state index >= 15 is 0 Å².